The lowest BCUT2D eigenvalue weighted by Crippen LogP contribution is -2.49. The number of hydrogen-bond acceptors (Lipinski definition) is 5. The molecule has 0 atom stereocenters. The molecule has 0 radical (unpaired) electrons. The van der Waals surface area contributed by atoms with Crippen molar-refractivity contribution in [3.05, 3.63) is 124 Å². The van der Waals surface area contributed by atoms with Crippen molar-refractivity contribution in [2.24, 2.45) is 0 Å². The molecule has 8 heteroatoms. The lowest BCUT2D eigenvalue weighted by Gasteiger charge is -2.37. The van der Waals surface area contributed by atoms with Crippen LogP contribution in [0.25, 0.3) is 10.9 Å². The summed E-state index contributed by atoms with van der Waals surface area (Å²) in [5, 5.41) is 22.0. The van der Waals surface area contributed by atoms with Gasteiger partial charge in [-0.1, -0.05) is 66.2 Å². The molecule has 6 rings (SSSR count). The van der Waals surface area contributed by atoms with Crippen molar-refractivity contribution in [1.29, 1.82) is 0 Å². The summed E-state index contributed by atoms with van der Waals surface area (Å²) >= 11 is 6.52. The van der Waals surface area contributed by atoms with E-state index < -0.39 is 0 Å². The molecule has 1 aliphatic rings. The fourth-order valence-electron chi connectivity index (χ4n) is 6.50. The van der Waals surface area contributed by atoms with E-state index in [0.717, 1.165) is 46.2 Å². The summed E-state index contributed by atoms with van der Waals surface area (Å²) in [6, 6.07) is 30.5. The number of carbonyl (C=O) groups excluding carboxylic acids is 1. The number of piperazine rings is 1. The highest BCUT2D eigenvalue weighted by molar-refractivity contribution is 6.33. The molecule has 0 spiro atoms. The Morgan fingerprint density at radius 3 is 1.98 bits per heavy atom. The molecule has 1 aromatic heterocycles. The minimum Gasteiger partial charge on any atom is -0.508 e. The van der Waals surface area contributed by atoms with Crippen molar-refractivity contribution in [3.63, 3.8) is 0 Å². The first-order valence-electron chi connectivity index (χ1n) is 15.4. The molecule has 2 heterocycles. The Kier molecular flexibility index (Phi) is 9.01. The van der Waals surface area contributed by atoms with E-state index in [-0.39, 0.29) is 23.3 Å². The van der Waals surface area contributed by atoms with E-state index in [4.69, 9.17) is 11.6 Å². The molecule has 4 aromatic carbocycles. The van der Waals surface area contributed by atoms with E-state index >= 15 is 0 Å². The van der Waals surface area contributed by atoms with Gasteiger partial charge in [0.25, 0.3) is 5.91 Å². The molecule has 0 unspecified atom stereocenters. The number of rotatable bonds is 9. The molecule has 0 bridgehead atoms. The number of aromatic hydroxyl groups is 2. The number of aromatic nitrogens is 1. The SMILES string of the molecule is CN(C)CCCn1c(C(=O)N2CCN(c3ccccc3Cl)CC2)c(C(c2ccc(O)cc2)c2ccc(O)cc2)c2ccccc21. The average Bonchev–Trinajstić information content (AvgIpc) is 3.36. The van der Waals surface area contributed by atoms with Gasteiger partial charge in [-0.3, -0.25) is 4.79 Å². The number of halogens is 1. The standard InChI is InChI=1S/C37H39ClN4O3/c1-39(2)20-7-21-42-32-10-5-3-8-30(32)35(34(26-12-16-28(43)17-13-26)27-14-18-29(44)19-15-27)36(42)37(45)41-24-22-40(23-25-41)33-11-6-4-9-31(33)38/h3-6,8-19,34,43-44H,7,20-25H2,1-2H3. The maximum Gasteiger partial charge on any atom is 0.270 e. The summed E-state index contributed by atoms with van der Waals surface area (Å²) in [5.74, 6) is 0.0611. The van der Waals surface area contributed by atoms with Crippen molar-refractivity contribution in [2.75, 3.05) is 51.7 Å². The quantitative estimate of drug-likeness (QED) is 0.189. The maximum atomic E-state index is 14.9. The zero-order valence-corrected chi connectivity index (χ0v) is 26.5. The van der Waals surface area contributed by atoms with Crippen LogP contribution < -0.4 is 4.90 Å². The van der Waals surface area contributed by atoms with E-state index in [2.05, 4.69) is 40.6 Å². The Morgan fingerprint density at radius 1 is 0.800 bits per heavy atom. The van der Waals surface area contributed by atoms with Gasteiger partial charge in [0, 0.05) is 55.1 Å². The fourth-order valence-corrected chi connectivity index (χ4v) is 6.75. The first kappa shape index (κ1) is 30.6. The zero-order valence-electron chi connectivity index (χ0n) is 25.7. The van der Waals surface area contributed by atoms with Gasteiger partial charge in [-0.25, -0.2) is 0 Å². The number of phenolic OH excluding ortho intramolecular Hbond substituents is 2. The highest BCUT2D eigenvalue weighted by Gasteiger charge is 2.33. The Bertz CT molecular complexity index is 1730. The second-order valence-electron chi connectivity index (χ2n) is 11.9. The number of aryl methyl sites for hydroxylation is 1. The molecule has 45 heavy (non-hydrogen) atoms. The van der Waals surface area contributed by atoms with E-state index in [1.165, 1.54) is 0 Å². The monoisotopic (exact) mass is 622 g/mol. The minimum absolute atomic E-state index is 0.00687. The molecule has 0 saturated carbocycles. The summed E-state index contributed by atoms with van der Waals surface area (Å²) < 4.78 is 2.21. The molecular formula is C37H39ClN4O3. The second-order valence-corrected chi connectivity index (χ2v) is 12.3. The van der Waals surface area contributed by atoms with Gasteiger partial charge in [0.1, 0.15) is 17.2 Å². The number of benzene rings is 4. The molecule has 1 fully saturated rings. The number of nitrogens with zero attached hydrogens (tertiary/aromatic N) is 4. The van der Waals surface area contributed by atoms with Gasteiger partial charge >= 0.3 is 0 Å². The van der Waals surface area contributed by atoms with Crippen LogP contribution in [0.4, 0.5) is 5.69 Å². The Hall–Kier alpha value is -4.46. The van der Waals surface area contributed by atoms with Gasteiger partial charge in [-0.2, -0.15) is 0 Å². The molecule has 1 aliphatic heterocycles. The lowest BCUT2D eigenvalue weighted by molar-refractivity contribution is 0.0734. The maximum absolute atomic E-state index is 14.9. The smallest absolute Gasteiger partial charge is 0.270 e. The Morgan fingerprint density at radius 2 is 1.38 bits per heavy atom. The van der Waals surface area contributed by atoms with Gasteiger partial charge in [-0.15, -0.1) is 0 Å². The predicted octanol–water partition coefficient (Wildman–Crippen LogP) is 6.80. The largest absolute Gasteiger partial charge is 0.508 e. The van der Waals surface area contributed by atoms with Gasteiger partial charge < -0.3 is 29.5 Å². The normalized spacial score (nSPS) is 13.7. The Balaban J connectivity index is 1.48. The fraction of sp³-hybridized carbons (Fsp3) is 0.270. The van der Waals surface area contributed by atoms with Gasteiger partial charge in [-0.05, 0) is 80.7 Å². The molecule has 5 aromatic rings. The van der Waals surface area contributed by atoms with Crippen molar-refractivity contribution in [1.82, 2.24) is 14.4 Å². The van der Waals surface area contributed by atoms with Gasteiger partial charge in [0.15, 0.2) is 0 Å². The van der Waals surface area contributed by atoms with Crippen LogP contribution >= 0.6 is 11.6 Å². The highest BCUT2D eigenvalue weighted by Crippen LogP contribution is 2.41. The molecular weight excluding hydrogens is 584 g/mol. The van der Waals surface area contributed by atoms with Gasteiger partial charge in [0.2, 0.25) is 0 Å². The third-order valence-corrected chi connectivity index (χ3v) is 9.02. The molecule has 2 N–H and O–H groups in total. The zero-order chi connectivity index (χ0) is 31.5. The minimum atomic E-state index is -0.311. The summed E-state index contributed by atoms with van der Waals surface area (Å²) in [6.07, 6.45) is 0.884. The second kappa shape index (κ2) is 13.3. The van der Waals surface area contributed by atoms with Crippen LogP contribution in [0.5, 0.6) is 11.5 Å². The number of hydrogen-bond donors (Lipinski definition) is 2. The number of amides is 1. The van der Waals surface area contributed by atoms with Gasteiger partial charge in [0.05, 0.1) is 10.7 Å². The van der Waals surface area contributed by atoms with Crippen LogP contribution in [0.3, 0.4) is 0 Å². The number of carbonyl (C=O) groups is 1. The summed E-state index contributed by atoms with van der Waals surface area (Å²) in [6.45, 7) is 4.11. The number of phenols is 2. The molecule has 0 aliphatic carbocycles. The number of para-hydroxylation sites is 2. The number of anilines is 1. The van der Waals surface area contributed by atoms with Crippen LogP contribution in [-0.2, 0) is 6.54 Å². The van der Waals surface area contributed by atoms with Crippen LogP contribution in [0.2, 0.25) is 5.02 Å². The van der Waals surface area contributed by atoms with E-state index in [1.807, 2.05) is 65.6 Å². The van der Waals surface area contributed by atoms with Crippen LogP contribution in [0.1, 0.15) is 39.5 Å². The highest BCUT2D eigenvalue weighted by atomic mass is 35.5. The third kappa shape index (κ3) is 6.37. The summed E-state index contributed by atoms with van der Waals surface area (Å²) in [4.78, 5) is 21.2. The Labute approximate surface area is 269 Å². The topological polar surface area (TPSA) is 72.2 Å². The summed E-state index contributed by atoms with van der Waals surface area (Å²) in [7, 11) is 4.13. The van der Waals surface area contributed by atoms with Crippen molar-refractivity contribution < 1.29 is 15.0 Å². The third-order valence-electron chi connectivity index (χ3n) is 8.70. The predicted molar refractivity (Wildman–Crippen MR) is 182 cm³/mol. The van der Waals surface area contributed by atoms with Crippen molar-refractivity contribution in [2.45, 2.75) is 18.9 Å². The number of fused-ring (bicyclic) bond motifs is 1. The van der Waals surface area contributed by atoms with Crippen molar-refractivity contribution >= 4 is 34.1 Å². The first-order chi connectivity index (χ1) is 21.8. The van der Waals surface area contributed by atoms with E-state index in [9.17, 15) is 15.0 Å². The molecule has 1 amide bonds. The van der Waals surface area contributed by atoms with Crippen LogP contribution in [-0.4, -0.2) is 77.3 Å². The first-order valence-corrected chi connectivity index (χ1v) is 15.8. The molecule has 1 saturated heterocycles. The van der Waals surface area contributed by atoms with Crippen LogP contribution in [0.15, 0.2) is 97.1 Å². The molecule has 7 nitrogen and oxygen atoms in total. The van der Waals surface area contributed by atoms with Crippen molar-refractivity contribution in [3.8, 4) is 11.5 Å². The summed E-state index contributed by atoms with van der Waals surface area (Å²) in [5.41, 5.74) is 5.54. The average molecular weight is 623 g/mol. The molecule has 232 valence electrons. The van der Waals surface area contributed by atoms with E-state index in [1.54, 1.807) is 24.3 Å². The van der Waals surface area contributed by atoms with Crippen LogP contribution in [0, 0.1) is 0 Å². The lowest BCUT2D eigenvalue weighted by atomic mass is 9.83. The van der Waals surface area contributed by atoms with E-state index in [0.29, 0.717) is 43.4 Å².